The summed E-state index contributed by atoms with van der Waals surface area (Å²) in [5.41, 5.74) is 0.208. The van der Waals surface area contributed by atoms with Crippen LogP contribution >= 0.6 is 0 Å². The van der Waals surface area contributed by atoms with Gasteiger partial charge in [-0.1, -0.05) is 49.6 Å². The van der Waals surface area contributed by atoms with E-state index in [4.69, 9.17) is 0 Å². The fraction of sp³-hybridized carbons (Fsp3) is 0.529. The number of hydrazone groups is 1. The lowest BCUT2D eigenvalue weighted by atomic mass is 9.87. The molecule has 1 aliphatic carbocycles. The minimum absolute atomic E-state index is 0.00337. The molecule has 1 aliphatic heterocycles. The summed E-state index contributed by atoms with van der Waals surface area (Å²) in [6.45, 7) is 1.86. The second-order valence-corrected chi connectivity index (χ2v) is 6.18. The van der Waals surface area contributed by atoms with Crippen molar-refractivity contribution in [3.8, 4) is 0 Å². The number of carbonyl (C=O) groups excluding carboxylic acids is 1. The topological polar surface area (TPSA) is 52.9 Å². The van der Waals surface area contributed by atoms with Crippen molar-refractivity contribution in [2.75, 3.05) is 0 Å². The van der Waals surface area contributed by atoms with Gasteiger partial charge in [0.2, 0.25) is 5.91 Å². The van der Waals surface area contributed by atoms with E-state index in [0.717, 1.165) is 37.0 Å². The summed E-state index contributed by atoms with van der Waals surface area (Å²) in [7, 11) is 0. The Morgan fingerprint density at radius 3 is 2.57 bits per heavy atom. The molecular formula is C17H22N2O2. The van der Waals surface area contributed by atoms with E-state index >= 15 is 0 Å². The summed E-state index contributed by atoms with van der Waals surface area (Å²) in [4.78, 5) is 12.8. The predicted molar refractivity (Wildman–Crippen MR) is 81.5 cm³/mol. The van der Waals surface area contributed by atoms with Crippen molar-refractivity contribution in [3.05, 3.63) is 35.9 Å². The van der Waals surface area contributed by atoms with E-state index in [1.807, 2.05) is 37.3 Å². The first-order chi connectivity index (χ1) is 10.1. The van der Waals surface area contributed by atoms with E-state index in [-0.39, 0.29) is 11.8 Å². The van der Waals surface area contributed by atoms with Crippen molar-refractivity contribution >= 4 is 11.6 Å². The largest absolute Gasteiger partial charge is 0.365 e. The Labute approximate surface area is 125 Å². The molecule has 4 nitrogen and oxygen atoms in total. The van der Waals surface area contributed by atoms with Crippen LogP contribution in [-0.2, 0) is 10.5 Å². The van der Waals surface area contributed by atoms with Crippen LogP contribution in [0.1, 0.15) is 51.0 Å². The number of nitrogens with zero attached hydrogens (tertiary/aromatic N) is 2. The van der Waals surface area contributed by atoms with E-state index in [9.17, 15) is 9.90 Å². The van der Waals surface area contributed by atoms with Crippen LogP contribution in [0, 0.1) is 5.92 Å². The van der Waals surface area contributed by atoms with Gasteiger partial charge in [-0.2, -0.15) is 10.1 Å². The van der Waals surface area contributed by atoms with Gasteiger partial charge in [0, 0.05) is 23.6 Å². The third-order valence-corrected chi connectivity index (χ3v) is 4.52. The van der Waals surface area contributed by atoms with Crippen molar-refractivity contribution in [3.63, 3.8) is 0 Å². The monoisotopic (exact) mass is 286 g/mol. The molecule has 1 aromatic rings. The zero-order valence-electron chi connectivity index (χ0n) is 12.5. The SMILES string of the molecule is CC1=NN(C(=O)C2CCCCC2)[C@](O)(c2ccccc2)C1. The first-order valence-corrected chi connectivity index (χ1v) is 7.77. The van der Waals surface area contributed by atoms with Crippen LogP contribution in [0.3, 0.4) is 0 Å². The second kappa shape index (κ2) is 5.60. The highest BCUT2D eigenvalue weighted by molar-refractivity contribution is 5.89. The highest BCUT2D eigenvalue weighted by Gasteiger charge is 2.46. The molecule has 0 saturated heterocycles. The first-order valence-electron chi connectivity index (χ1n) is 7.77. The maximum atomic E-state index is 12.8. The molecule has 1 heterocycles. The van der Waals surface area contributed by atoms with Gasteiger partial charge in [0.05, 0.1) is 0 Å². The van der Waals surface area contributed by atoms with Gasteiger partial charge in [0.15, 0.2) is 5.72 Å². The van der Waals surface area contributed by atoms with Crippen molar-refractivity contribution in [1.29, 1.82) is 0 Å². The number of amides is 1. The fourth-order valence-electron chi connectivity index (χ4n) is 3.40. The van der Waals surface area contributed by atoms with E-state index < -0.39 is 5.72 Å². The van der Waals surface area contributed by atoms with Crippen LogP contribution in [0.2, 0.25) is 0 Å². The summed E-state index contributed by atoms with van der Waals surface area (Å²) < 4.78 is 0. The lowest BCUT2D eigenvalue weighted by molar-refractivity contribution is -0.163. The Kier molecular flexibility index (Phi) is 3.81. The number of rotatable bonds is 2. The molecule has 0 bridgehead atoms. The molecule has 1 atom stereocenters. The highest BCUT2D eigenvalue weighted by atomic mass is 16.3. The number of carbonyl (C=O) groups is 1. The third-order valence-electron chi connectivity index (χ3n) is 4.52. The zero-order valence-corrected chi connectivity index (χ0v) is 12.5. The van der Waals surface area contributed by atoms with E-state index in [1.54, 1.807) is 0 Å². The summed E-state index contributed by atoms with van der Waals surface area (Å²) in [6.07, 6.45) is 5.60. The standard InChI is InChI=1S/C17H22N2O2/c1-13-12-17(21,15-10-6-3-7-11-15)19(18-13)16(20)14-8-4-2-5-9-14/h3,6-7,10-11,14,21H,2,4-5,8-9,12H2,1H3/t17-/m1/s1. The Bertz CT molecular complexity index is 549. The van der Waals surface area contributed by atoms with Gasteiger partial charge < -0.3 is 5.11 Å². The zero-order chi connectivity index (χ0) is 14.9. The Morgan fingerprint density at radius 2 is 1.90 bits per heavy atom. The molecule has 21 heavy (non-hydrogen) atoms. The molecule has 4 heteroatoms. The summed E-state index contributed by atoms with van der Waals surface area (Å²) in [5.74, 6) is -0.0264. The Hall–Kier alpha value is -1.68. The molecule has 112 valence electrons. The van der Waals surface area contributed by atoms with E-state index in [0.29, 0.717) is 6.42 Å². The average Bonchev–Trinajstić information content (AvgIpc) is 2.84. The van der Waals surface area contributed by atoms with Gasteiger partial charge in [-0.05, 0) is 19.8 Å². The van der Waals surface area contributed by atoms with Crippen LogP contribution < -0.4 is 0 Å². The number of aliphatic hydroxyl groups is 1. The molecule has 0 radical (unpaired) electrons. The van der Waals surface area contributed by atoms with Crippen LogP contribution in [0.25, 0.3) is 0 Å². The Balaban J connectivity index is 1.89. The smallest absolute Gasteiger partial charge is 0.248 e. The van der Waals surface area contributed by atoms with E-state index in [2.05, 4.69) is 5.10 Å². The van der Waals surface area contributed by atoms with Gasteiger partial charge in [0.25, 0.3) is 0 Å². The van der Waals surface area contributed by atoms with Crippen LogP contribution in [0.5, 0.6) is 0 Å². The van der Waals surface area contributed by atoms with Crippen molar-refractivity contribution in [2.45, 2.75) is 51.2 Å². The first kappa shape index (κ1) is 14.3. The maximum absolute atomic E-state index is 12.8. The highest BCUT2D eigenvalue weighted by Crippen LogP contribution is 2.38. The predicted octanol–water partition coefficient (Wildman–Crippen LogP) is 3.02. The van der Waals surface area contributed by atoms with Crippen LogP contribution in [0.15, 0.2) is 35.4 Å². The van der Waals surface area contributed by atoms with Crippen LogP contribution in [0.4, 0.5) is 0 Å². The minimum Gasteiger partial charge on any atom is -0.365 e. The van der Waals surface area contributed by atoms with Gasteiger partial charge in [-0.15, -0.1) is 0 Å². The summed E-state index contributed by atoms with van der Waals surface area (Å²) >= 11 is 0. The average molecular weight is 286 g/mol. The molecule has 0 spiro atoms. The van der Waals surface area contributed by atoms with Crippen molar-refractivity contribution in [2.24, 2.45) is 11.0 Å². The number of hydrogen-bond acceptors (Lipinski definition) is 3. The van der Waals surface area contributed by atoms with Crippen LogP contribution in [-0.4, -0.2) is 21.7 Å². The van der Waals surface area contributed by atoms with E-state index in [1.165, 1.54) is 11.4 Å². The molecule has 1 N–H and O–H groups in total. The van der Waals surface area contributed by atoms with Crippen molar-refractivity contribution < 1.29 is 9.90 Å². The molecule has 0 aromatic heterocycles. The molecule has 2 aliphatic rings. The molecular weight excluding hydrogens is 264 g/mol. The molecule has 1 fully saturated rings. The van der Waals surface area contributed by atoms with Gasteiger partial charge in [-0.3, -0.25) is 4.79 Å². The molecule has 1 aromatic carbocycles. The molecule has 1 amide bonds. The number of benzene rings is 1. The number of hydrogen-bond donors (Lipinski definition) is 1. The van der Waals surface area contributed by atoms with Gasteiger partial charge in [-0.25, -0.2) is 0 Å². The molecule has 0 unspecified atom stereocenters. The quantitative estimate of drug-likeness (QED) is 0.908. The fourth-order valence-corrected chi connectivity index (χ4v) is 3.40. The normalized spacial score (nSPS) is 26.8. The lowest BCUT2D eigenvalue weighted by Gasteiger charge is -2.34. The minimum atomic E-state index is -1.32. The molecule has 3 rings (SSSR count). The Morgan fingerprint density at radius 1 is 1.24 bits per heavy atom. The molecule has 1 saturated carbocycles. The van der Waals surface area contributed by atoms with Gasteiger partial charge >= 0.3 is 0 Å². The van der Waals surface area contributed by atoms with Gasteiger partial charge in [0.1, 0.15) is 0 Å². The maximum Gasteiger partial charge on any atom is 0.248 e. The lowest BCUT2D eigenvalue weighted by Crippen LogP contribution is -2.46. The second-order valence-electron chi connectivity index (χ2n) is 6.18. The summed E-state index contributed by atoms with van der Waals surface area (Å²) in [6, 6.07) is 9.38. The summed E-state index contributed by atoms with van der Waals surface area (Å²) in [5, 5.41) is 16.8. The third kappa shape index (κ3) is 2.60. The van der Waals surface area contributed by atoms with Crippen molar-refractivity contribution in [1.82, 2.24) is 5.01 Å².